The van der Waals surface area contributed by atoms with Crippen molar-refractivity contribution in [3.8, 4) is 5.75 Å². The zero-order valence-electron chi connectivity index (χ0n) is 22.0. The van der Waals surface area contributed by atoms with Gasteiger partial charge in [0.05, 0.1) is 0 Å². The van der Waals surface area contributed by atoms with Gasteiger partial charge in [-0.05, 0) is 24.1 Å². The topological polar surface area (TPSA) is 124 Å². The van der Waals surface area contributed by atoms with Crippen LogP contribution in [0.3, 0.4) is 0 Å². The summed E-state index contributed by atoms with van der Waals surface area (Å²) >= 11 is 0. The van der Waals surface area contributed by atoms with E-state index in [2.05, 4.69) is 0 Å². The lowest BCUT2D eigenvalue weighted by Gasteiger charge is -2.44. The fourth-order valence-electron chi connectivity index (χ4n) is 4.22. The van der Waals surface area contributed by atoms with Gasteiger partial charge >= 0.3 is 23.9 Å². The minimum Gasteiger partial charge on any atom is -0.463 e. The molecule has 1 heterocycles. The summed E-state index contributed by atoms with van der Waals surface area (Å²) in [6.07, 6.45) is -5.70. The Morgan fingerprint density at radius 3 is 1.95 bits per heavy atom. The van der Waals surface area contributed by atoms with E-state index in [-0.39, 0.29) is 6.61 Å². The van der Waals surface area contributed by atoms with Crippen molar-refractivity contribution in [1.82, 2.24) is 0 Å². The zero-order chi connectivity index (χ0) is 27.8. The van der Waals surface area contributed by atoms with E-state index in [4.69, 9.17) is 28.4 Å². The summed E-state index contributed by atoms with van der Waals surface area (Å²) in [6, 6.07) is 15.3. The van der Waals surface area contributed by atoms with Crippen LogP contribution in [0, 0.1) is 6.92 Å². The molecule has 3 rings (SSSR count). The lowest BCUT2D eigenvalue weighted by molar-refractivity contribution is -0.288. The van der Waals surface area contributed by atoms with Gasteiger partial charge in [0.1, 0.15) is 18.5 Å². The van der Waals surface area contributed by atoms with Gasteiger partial charge in [-0.15, -0.1) is 0 Å². The van der Waals surface area contributed by atoms with Crippen molar-refractivity contribution in [1.29, 1.82) is 0 Å². The number of ether oxygens (including phenoxy) is 6. The van der Waals surface area contributed by atoms with E-state index in [9.17, 15) is 19.2 Å². The van der Waals surface area contributed by atoms with Crippen molar-refractivity contribution < 1.29 is 47.6 Å². The first kappa shape index (κ1) is 28.6. The van der Waals surface area contributed by atoms with Crippen LogP contribution < -0.4 is 4.74 Å². The third-order valence-electron chi connectivity index (χ3n) is 5.78. The molecule has 0 aromatic heterocycles. The number of esters is 4. The molecule has 38 heavy (non-hydrogen) atoms. The van der Waals surface area contributed by atoms with Crippen LogP contribution >= 0.6 is 0 Å². The minimum atomic E-state index is -1.31. The van der Waals surface area contributed by atoms with E-state index in [1.807, 2.05) is 49.4 Å². The number of hydrogen-bond acceptors (Lipinski definition) is 10. The number of rotatable bonds is 9. The molecule has 204 valence electrons. The van der Waals surface area contributed by atoms with Crippen LogP contribution in [-0.2, 0) is 49.3 Å². The molecule has 5 atom stereocenters. The molecule has 0 aliphatic carbocycles. The lowest BCUT2D eigenvalue weighted by atomic mass is 9.97. The Hall–Kier alpha value is -3.92. The van der Waals surface area contributed by atoms with Gasteiger partial charge in [0.25, 0.3) is 0 Å². The molecule has 10 nitrogen and oxygen atoms in total. The van der Waals surface area contributed by atoms with Crippen LogP contribution in [0.4, 0.5) is 0 Å². The van der Waals surface area contributed by atoms with Gasteiger partial charge in [-0.2, -0.15) is 0 Å². The van der Waals surface area contributed by atoms with Crippen LogP contribution in [-0.4, -0.2) is 61.2 Å². The molecular formula is C28H32O10. The number of aryl methyl sites for hydroxylation is 1. The molecule has 2 aromatic rings. The maximum atomic E-state index is 12.1. The summed E-state index contributed by atoms with van der Waals surface area (Å²) in [4.78, 5) is 47.6. The van der Waals surface area contributed by atoms with Gasteiger partial charge in [-0.1, -0.05) is 42.5 Å². The highest BCUT2D eigenvalue weighted by Gasteiger charge is 2.53. The molecule has 0 N–H and O–H groups in total. The Kier molecular flexibility index (Phi) is 9.84. The van der Waals surface area contributed by atoms with E-state index in [1.165, 1.54) is 27.7 Å². The Morgan fingerprint density at radius 1 is 0.737 bits per heavy atom. The van der Waals surface area contributed by atoms with E-state index in [1.54, 1.807) is 6.07 Å². The summed E-state index contributed by atoms with van der Waals surface area (Å²) in [6.45, 7) is 6.34. The number of benzene rings is 2. The van der Waals surface area contributed by atoms with Crippen molar-refractivity contribution in [2.24, 2.45) is 0 Å². The van der Waals surface area contributed by atoms with Gasteiger partial charge in [0.2, 0.25) is 12.4 Å². The second-order valence-electron chi connectivity index (χ2n) is 8.90. The average Bonchev–Trinajstić information content (AvgIpc) is 2.83. The van der Waals surface area contributed by atoms with Gasteiger partial charge < -0.3 is 28.4 Å². The van der Waals surface area contributed by atoms with Crippen LogP contribution in [0.15, 0.2) is 48.5 Å². The fourth-order valence-corrected chi connectivity index (χ4v) is 4.22. The normalized spacial score (nSPS) is 22.6. The predicted molar refractivity (Wildman–Crippen MR) is 133 cm³/mol. The van der Waals surface area contributed by atoms with Crippen molar-refractivity contribution >= 4 is 23.9 Å². The van der Waals surface area contributed by atoms with Crippen LogP contribution in [0.2, 0.25) is 0 Å². The number of hydrogen-bond donors (Lipinski definition) is 0. The zero-order valence-corrected chi connectivity index (χ0v) is 22.0. The first-order valence-electron chi connectivity index (χ1n) is 12.1. The quantitative estimate of drug-likeness (QED) is 0.354. The smallest absolute Gasteiger partial charge is 0.303 e. The first-order chi connectivity index (χ1) is 18.0. The molecule has 1 aliphatic rings. The second kappa shape index (κ2) is 13.0. The third-order valence-corrected chi connectivity index (χ3v) is 5.78. The van der Waals surface area contributed by atoms with Gasteiger partial charge in [-0.3, -0.25) is 19.2 Å². The molecule has 0 amide bonds. The fraction of sp³-hybridized carbons (Fsp3) is 0.429. The Balaban J connectivity index is 2.03. The highest BCUT2D eigenvalue weighted by Crippen LogP contribution is 2.33. The molecule has 1 aliphatic heterocycles. The third kappa shape index (κ3) is 7.79. The van der Waals surface area contributed by atoms with E-state index < -0.39 is 54.6 Å². The molecule has 10 heteroatoms. The van der Waals surface area contributed by atoms with E-state index >= 15 is 0 Å². The Labute approximate surface area is 221 Å². The SMILES string of the molecule is CC(=O)OC[C@H]1O[C@@H](Oc2cccc(C)c2Cc2ccccc2)[C@H](OC(C)=O)[C@@H](OC(C)=O)[C@@H]1OC(C)=O. The van der Waals surface area contributed by atoms with E-state index in [0.29, 0.717) is 12.2 Å². The van der Waals surface area contributed by atoms with Crippen molar-refractivity contribution in [2.45, 2.75) is 71.7 Å². The second-order valence-corrected chi connectivity index (χ2v) is 8.90. The highest BCUT2D eigenvalue weighted by molar-refractivity contribution is 5.68. The number of carbonyl (C=O) groups is 4. The Bertz CT molecular complexity index is 1150. The highest BCUT2D eigenvalue weighted by atomic mass is 16.7. The van der Waals surface area contributed by atoms with Crippen molar-refractivity contribution in [2.75, 3.05) is 6.61 Å². The van der Waals surface area contributed by atoms with Gasteiger partial charge in [-0.25, -0.2) is 0 Å². The van der Waals surface area contributed by atoms with Gasteiger partial charge in [0.15, 0.2) is 12.2 Å². The molecule has 0 saturated carbocycles. The molecule has 2 aromatic carbocycles. The molecule has 1 saturated heterocycles. The molecule has 1 fully saturated rings. The summed E-state index contributed by atoms with van der Waals surface area (Å²) in [5.74, 6) is -2.25. The maximum Gasteiger partial charge on any atom is 0.303 e. The van der Waals surface area contributed by atoms with Crippen molar-refractivity contribution in [3.63, 3.8) is 0 Å². The maximum absolute atomic E-state index is 12.1. The van der Waals surface area contributed by atoms with Gasteiger partial charge in [0, 0.05) is 39.7 Å². The molecule has 0 bridgehead atoms. The first-order valence-corrected chi connectivity index (χ1v) is 12.1. The Morgan fingerprint density at radius 2 is 1.34 bits per heavy atom. The molecule has 0 spiro atoms. The molecule has 0 unspecified atom stereocenters. The van der Waals surface area contributed by atoms with Crippen molar-refractivity contribution in [3.05, 3.63) is 65.2 Å². The summed E-state index contributed by atoms with van der Waals surface area (Å²) in [7, 11) is 0. The van der Waals surface area contributed by atoms with E-state index in [0.717, 1.165) is 16.7 Å². The monoisotopic (exact) mass is 528 g/mol. The summed E-state index contributed by atoms with van der Waals surface area (Å²) in [5, 5.41) is 0. The number of carbonyl (C=O) groups excluding carboxylic acids is 4. The van der Waals surface area contributed by atoms with Crippen LogP contribution in [0.5, 0.6) is 5.75 Å². The predicted octanol–water partition coefficient (Wildman–Crippen LogP) is 3.05. The summed E-state index contributed by atoms with van der Waals surface area (Å²) < 4.78 is 33.9. The van der Waals surface area contributed by atoms with Crippen LogP contribution in [0.25, 0.3) is 0 Å². The lowest BCUT2D eigenvalue weighted by Crippen LogP contribution is -2.63. The largest absolute Gasteiger partial charge is 0.463 e. The average molecular weight is 529 g/mol. The van der Waals surface area contributed by atoms with Crippen LogP contribution in [0.1, 0.15) is 44.4 Å². The summed E-state index contributed by atoms with van der Waals surface area (Å²) in [5.41, 5.74) is 2.87. The molecule has 0 radical (unpaired) electrons. The minimum absolute atomic E-state index is 0.331. The molecular weight excluding hydrogens is 496 g/mol. The standard InChI is InChI=1S/C28H32O10/c1-16-10-9-13-23(22(16)14-21-11-7-6-8-12-21)37-28-27(36-20(5)32)26(35-19(4)31)25(34-18(3)30)24(38-28)15-33-17(2)29/h6-13,24-28H,14-15H2,1-5H3/t24-,25-,26+,27-,28-/m1/s1.